The molecule has 0 bridgehead atoms. The fourth-order valence-corrected chi connectivity index (χ4v) is 4.25. The second kappa shape index (κ2) is 11.0. The Morgan fingerprint density at radius 1 is 1.21 bits per heavy atom. The zero-order valence-corrected chi connectivity index (χ0v) is 20.2. The average Bonchev–Trinajstić information content (AvgIpc) is 2.76. The minimum Gasteiger partial charge on any atom is -0.444 e. The molecule has 1 aromatic heterocycles. The number of rotatable bonds is 6. The van der Waals surface area contributed by atoms with Gasteiger partial charge in [0.25, 0.3) is 5.56 Å². The highest BCUT2D eigenvalue weighted by Gasteiger charge is 2.28. The molecule has 0 aromatic carbocycles. The summed E-state index contributed by atoms with van der Waals surface area (Å²) in [6.07, 6.45) is 2.86. The summed E-state index contributed by atoms with van der Waals surface area (Å²) in [6.45, 7) is 10.9. The Bertz CT molecular complexity index is 888. The summed E-state index contributed by atoms with van der Waals surface area (Å²) in [4.78, 5) is 49.0. The van der Waals surface area contributed by atoms with Crippen molar-refractivity contribution >= 4 is 17.9 Å². The zero-order valence-electron chi connectivity index (χ0n) is 20.2. The molecule has 184 valence electrons. The number of carbonyl (C=O) groups excluding carboxylic acids is 2. The van der Waals surface area contributed by atoms with E-state index in [1.165, 1.54) is 0 Å². The van der Waals surface area contributed by atoms with Gasteiger partial charge in [-0.15, -0.1) is 0 Å². The molecule has 3 rings (SSSR count). The first-order valence-electron chi connectivity index (χ1n) is 11.8. The number of amides is 2. The van der Waals surface area contributed by atoms with Crippen molar-refractivity contribution in [3.8, 4) is 0 Å². The maximum absolute atomic E-state index is 13.0. The standard InChI is InChI=1S/C23H37N5O5/c1-16-18(20(30)26-21(25-16)27-11-13-32-14-12-27)8-9-19(29)28-10-6-5-7-17(28)15-24-22(31)33-23(2,3)4/h17H,5-15H2,1-4H3,(H,24,31)(H,25,26,30). The van der Waals surface area contributed by atoms with E-state index in [2.05, 4.69) is 15.3 Å². The molecule has 1 aromatic rings. The van der Waals surface area contributed by atoms with Crippen molar-refractivity contribution in [1.82, 2.24) is 20.2 Å². The summed E-state index contributed by atoms with van der Waals surface area (Å²) < 4.78 is 10.7. The highest BCUT2D eigenvalue weighted by Crippen LogP contribution is 2.19. The lowest BCUT2D eigenvalue weighted by Crippen LogP contribution is -2.50. The van der Waals surface area contributed by atoms with E-state index in [1.807, 2.05) is 37.5 Å². The van der Waals surface area contributed by atoms with Crippen molar-refractivity contribution in [2.24, 2.45) is 0 Å². The number of morpholine rings is 1. The quantitative estimate of drug-likeness (QED) is 0.660. The number of nitrogens with one attached hydrogen (secondary N) is 2. The normalized spacial score (nSPS) is 19.3. The minimum absolute atomic E-state index is 0.0123. The van der Waals surface area contributed by atoms with E-state index < -0.39 is 11.7 Å². The number of piperidine rings is 1. The van der Waals surface area contributed by atoms with E-state index in [1.54, 1.807) is 0 Å². The molecule has 2 aliphatic rings. The summed E-state index contributed by atoms with van der Waals surface area (Å²) in [5.74, 6) is 0.543. The Hall–Kier alpha value is -2.62. The molecule has 10 nitrogen and oxygen atoms in total. The monoisotopic (exact) mass is 463 g/mol. The fourth-order valence-electron chi connectivity index (χ4n) is 4.25. The molecule has 1 unspecified atom stereocenters. The maximum Gasteiger partial charge on any atom is 0.407 e. The zero-order chi connectivity index (χ0) is 24.0. The van der Waals surface area contributed by atoms with E-state index in [0.717, 1.165) is 19.3 Å². The number of aromatic nitrogens is 2. The predicted molar refractivity (Wildman–Crippen MR) is 125 cm³/mol. The Labute approximate surface area is 195 Å². The number of hydrogen-bond donors (Lipinski definition) is 2. The van der Waals surface area contributed by atoms with Crippen molar-refractivity contribution in [1.29, 1.82) is 0 Å². The van der Waals surface area contributed by atoms with Crippen molar-refractivity contribution in [2.75, 3.05) is 44.3 Å². The van der Waals surface area contributed by atoms with Crippen LogP contribution in [0, 0.1) is 6.92 Å². The number of ether oxygens (including phenoxy) is 2. The van der Waals surface area contributed by atoms with Gasteiger partial charge in [-0.05, 0) is 53.4 Å². The van der Waals surface area contributed by atoms with Crippen LogP contribution in [0.15, 0.2) is 4.79 Å². The Morgan fingerprint density at radius 2 is 1.94 bits per heavy atom. The Kier molecular flexibility index (Phi) is 8.34. The third-order valence-corrected chi connectivity index (χ3v) is 5.94. The number of aromatic amines is 1. The van der Waals surface area contributed by atoms with E-state index in [9.17, 15) is 14.4 Å². The number of alkyl carbamates (subject to hydrolysis) is 1. The number of hydrogen-bond acceptors (Lipinski definition) is 7. The van der Waals surface area contributed by atoms with Gasteiger partial charge in [-0.2, -0.15) is 0 Å². The maximum atomic E-state index is 13.0. The van der Waals surface area contributed by atoms with Gasteiger partial charge in [-0.25, -0.2) is 9.78 Å². The average molecular weight is 464 g/mol. The first-order valence-corrected chi connectivity index (χ1v) is 11.8. The predicted octanol–water partition coefficient (Wildman–Crippen LogP) is 1.75. The Morgan fingerprint density at radius 3 is 2.61 bits per heavy atom. The molecule has 2 fully saturated rings. The van der Waals surface area contributed by atoms with Crippen molar-refractivity contribution < 1.29 is 19.1 Å². The highest BCUT2D eigenvalue weighted by atomic mass is 16.6. The largest absolute Gasteiger partial charge is 0.444 e. The first kappa shape index (κ1) is 25.0. The van der Waals surface area contributed by atoms with Crippen LogP contribution in [0.4, 0.5) is 10.7 Å². The van der Waals surface area contributed by atoms with Gasteiger partial charge in [0, 0.05) is 49.9 Å². The van der Waals surface area contributed by atoms with Crippen LogP contribution < -0.4 is 15.8 Å². The molecule has 10 heteroatoms. The summed E-state index contributed by atoms with van der Waals surface area (Å²) >= 11 is 0. The molecule has 2 saturated heterocycles. The second-order valence-electron chi connectivity index (χ2n) is 9.67. The van der Waals surface area contributed by atoms with Crippen LogP contribution in [0.3, 0.4) is 0 Å². The van der Waals surface area contributed by atoms with Crippen molar-refractivity contribution in [3.63, 3.8) is 0 Å². The van der Waals surface area contributed by atoms with Crippen LogP contribution in [0.2, 0.25) is 0 Å². The molecule has 3 heterocycles. The van der Waals surface area contributed by atoms with Crippen LogP contribution in [-0.2, 0) is 20.7 Å². The topological polar surface area (TPSA) is 117 Å². The molecular weight excluding hydrogens is 426 g/mol. The summed E-state index contributed by atoms with van der Waals surface area (Å²) in [5.41, 5.74) is 0.428. The Balaban J connectivity index is 1.58. The molecule has 0 radical (unpaired) electrons. The van der Waals surface area contributed by atoms with Gasteiger partial charge in [0.2, 0.25) is 11.9 Å². The van der Waals surface area contributed by atoms with Gasteiger partial charge in [-0.3, -0.25) is 14.6 Å². The number of likely N-dealkylation sites (tertiary alicyclic amines) is 1. The van der Waals surface area contributed by atoms with Gasteiger partial charge in [0.1, 0.15) is 5.60 Å². The molecular formula is C23H37N5O5. The van der Waals surface area contributed by atoms with Gasteiger partial charge >= 0.3 is 6.09 Å². The number of carbonyl (C=O) groups is 2. The third kappa shape index (κ3) is 7.18. The highest BCUT2D eigenvalue weighted by molar-refractivity contribution is 5.77. The molecule has 0 spiro atoms. The molecule has 33 heavy (non-hydrogen) atoms. The van der Waals surface area contributed by atoms with Crippen LogP contribution in [0.25, 0.3) is 0 Å². The van der Waals surface area contributed by atoms with E-state index in [-0.39, 0.29) is 23.9 Å². The molecule has 1 atom stereocenters. The van der Waals surface area contributed by atoms with Gasteiger partial charge in [0.15, 0.2) is 0 Å². The first-order chi connectivity index (χ1) is 15.6. The molecule has 2 aliphatic heterocycles. The molecule has 2 amide bonds. The fraction of sp³-hybridized carbons (Fsp3) is 0.739. The number of aryl methyl sites for hydroxylation is 1. The minimum atomic E-state index is -0.567. The lowest BCUT2D eigenvalue weighted by molar-refractivity contribution is -0.134. The van der Waals surface area contributed by atoms with Crippen LogP contribution in [0.1, 0.15) is 57.7 Å². The number of H-pyrrole nitrogens is 1. The summed E-state index contributed by atoms with van der Waals surface area (Å²) in [6, 6.07) is -0.0695. The van der Waals surface area contributed by atoms with Gasteiger partial charge in [0.05, 0.1) is 13.2 Å². The van der Waals surface area contributed by atoms with Crippen LogP contribution in [-0.4, -0.2) is 77.9 Å². The third-order valence-electron chi connectivity index (χ3n) is 5.94. The van der Waals surface area contributed by atoms with E-state index in [0.29, 0.717) is 63.0 Å². The van der Waals surface area contributed by atoms with Gasteiger partial charge < -0.3 is 24.6 Å². The number of nitrogens with zero attached hydrogens (tertiary/aromatic N) is 3. The van der Waals surface area contributed by atoms with Crippen LogP contribution >= 0.6 is 0 Å². The van der Waals surface area contributed by atoms with E-state index in [4.69, 9.17) is 9.47 Å². The molecule has 2 N–H and O–H groups in total. The second-order valence-corrected chi connectivity index (χ2v) is 9.67. The lowest BCUT2D eigenvalue weighted by Gasteiger charge is -2.36. The number of anilines is 1. The summed E-state index contributed by atoms with van der Waals surface area (Å²) in [5, 5.41) is 2.79. The van der Waals surface area contributed by atoms with Crippen molar-refractivity contribution in [3.05, 3.63) is 21.6 Å². The molecule has 0 aliphatic carbocycles. The van der Waals surface area contributed by atoms with Gasteiger partial charge in [-0.1, -0.05) is 0 Å². The van der Waals surface area contributed by atoms with Crippen LogP contribution in [0.5, 0.6) is 0 Å². The SMILES string of the molecule is Cc1nc(N2CCOCC2)[nH]c(=O)c1CCC(=O)N1CCCCC1CNC(=O)OC(C)(C)C. The van der Waals surface area contributed by atoms with Crippen molar-refractivity contribution in [2.45, 2.75) is 71.4 Å². The smallest absolute Gasteiger partial charge is 0.407 e. The molecule has 0 saturated carbocycles. The lowest BCUT2D eigenvalue weighted by atomic mass is 10.0. The summed E-state index contributed by atoms with van der Waals surface area (Å²) in [7, 11) is 0. The van der Waals surface area contributed by atoms with E-state index >= 15 is 0 Å².